The molecule has 1 N–H and O–H groups in total. The van der Waals surface area contributed by atoms with Crippen molar-refractivity contribution in [3.63, 3.8) is 0 Å². The van der Waals surface area contributed by atoms with E-state index in [-0.39, 0.29) is 15.8 Å². The first kappa shape index (κ1) is 10.7. The molecule has 0 saturated carbocycles. The molecule has 1 rings (SSSR count). The van der Waals surface area contributed by atoms with Crippen molar-refractivity contribution >= 4 is 40.9 Å². The monoisotopic (exact) mass is 236 g/mol. The van der Waals surface area contributed by atoms with Gasteiger partial charge in [-0.2, -0.15) is 0 Å². The van der Waals surface area contributed by atoms with E-state index in [0.29, 0.717) is 5.88 Å². The van der Waals surface area contributed by atoms with E-state index in [1.807, 2.05) is 0 Å². The minimum Gasteiger partial charge on any atom is -0.505 e. The Labute approximate surface area is 91.5 Å². The van der Waals surface area contributed by atoms with Crippen molar-refractivity contribution in [2.45, 2.75) is 0 Å². The first-order chi connectivity index (χ1) is 6.15. The summed E-state index contributed by atoms with van der Waals surface area (Å²) in [6.07, 6.45) is 3.55. The van der Waals surface area contributed by atoms with Gasteiger partial charge >= 0.3 is 0 Å². The Balaban J connectivity index is 3.06. The van der Waals surface area contributed by atoms with E-state index in [0.717, 1.165) is 5.56 Å². The van der Waals surface area contributed by atoms with Crippen molar-refractivity contribution in [1.82, 2.24) is 0 Å². The van der Waals surface area contributed by atoms with Crippen LogP contribution in [0, 0.1) is 0 Å². The molecule has 0 aromatic heterocycles. The molecule has 1 aromatic rings. The van der Waals surface area contributed by atoms with Crippen LogP contribution in [0.15, 0.2) is 18.2 Å². The van der Waals surface area contributed by atoms with Crippen LogP contribution in [0.3, 0.4) is 0 Å². The van der Waals surface area contributed by atoms with Gasteiger partial charge in [-0.3, -0.25) is 0 Å². The van der Waals surface area contributed by atoms with Gasteiger partial charge in [0.15, 0.2) is 5.75 Å². The van der Waals surface area contributed by atoms with Gasteiger partial charge in [-0.15, -0.1) is 11.6 Å². The third-order valence-electron chi connectivity index (χ3n) is 1.44. The van der Waals surface area contributed by atoms with Crippen molar-refractivity contribution in [3.8, 4) is 5.75 Å². The van der Waals surface area contributed by atoms with E-state index < -0.39 is 0 Å². The number of allylic oxidation sites excluding steroid dienone is 1. The molecule has 0 unspecified atom stereocenters. The normalized spacial score (nSPS) is 11.0. The molecule has 13 heavy (non-hydrogen) atoms. The lowest BCUT2D eigenvalue weighted by Crippen LogP contribution is -1.76. The largest absolute Gasteiger partial charge is 0.505 e. The van der Waals surface area contributed by atoms with Gasteiger partial charge in [-0.1, -0.05) is 35.4 Å². The molecule has 0 atom stereocenters. The molecule has 0 bridgehead atoms. The van der Waals surface area contributed by atoms with Gasteiger partial charge in [0.25, 0.3) is 0 Å². The summed E-state index contributed by atoms with van der Waals surface area (Å²) in [5.74, 6) is 0.335. The second kappa shape index (κ2) is 4.75. The third kappa shape index (κ3) is 2.80. The lowest BCUT2D eigenvalue weighted by atomic mass is 10.2. The number of hydrogen-bond donors (Lipinski definition) is 1. The molecule has 1 nitrogen and oxygen atoms in total. The first-order valence-electron chi connectivity index (χ1n) is 3.55. The molecule has 4 heteroatoms. The quantitative estimate of drug-likeness (QED) is 0.772. The van der Waals surface area contributed by atoms with Gasteiger partial charge in [0.1, 0.15) is 0 Å². The smallest absolute Gasteiger partial charge is 0.152 e. The standard InChI is InChI=1S/C9H7Cl3O/c10-3-1-2-6-4-7(11)9(13)8(12)5-6/h1-2,4-5,13H,3H2/b2-1+. The zero-order valence-electron chi connectivity index (χ0n) is 6.60. The number of rotatable bonds is 2. The van der Waals surface area contributed by atoms with Crippen molar-refractivity contribution in [2.75, 3.05) is 5.88 Å². The highest BCUT2D eigenvalue weighted by molar-refractivity contribution is 6.37. The maximum Gasteiger partial charge on any atom is 0.152 e. The SMILES string of the molecule is Oc1c(Cl)cc(/C=C/CCl)cc1Cl. The number of benzene rings is 1. The topological polar surface area (TPSA) is 20.2 Å². The van der Waals surface area contributed by atoms with Gasteiger partial charge in [-0.05, 0) is 17.7 Å². The van der Waals surface area contributed by atoms with Crippen LogP contribution < -0.4 is 0 Å². The van der Waals surface area contributed by atoms with E-state index >= 15 is 0 Å². The van der Waals surface area contributed by atoms with Crippen LogP contribution in [0.1, 0.15) is 5.56 Å². The van der Waals surface area contributed by atoms with E-state index in [1.54, 1.807) is 24.3 Å². The summed E-state index contributed by atoms with van der Waals surface area (Å²) in [7, 11) is 0. The van der Waals surface area contributed by atoms with Crippen LogP contribution in [0.5, 0.6) is 5.75 Å². The summed E-state index contributed by atoms with van der Waals surface area (Å²) in [6, 6.07) is 3.23. The Kier molecular flexibility index (Phi) is 3.91. The van der Waals surface area contributed by atoms with Crippen molar-refractivity contribution in [2.24, 2.45) is 0 Å². The Hall–Kier alpha value is -0.370. The van der Waals surface area contributed by atoms with Crippen LogP contribution in [0.2, 0.25) is 10.0 Å². The molecule has 0 fully saturated rings. The highest BCUT2D eigenvalue weighted by Gasteiger charge is 2.04. The Morgan fingerprint density at radius 2 is 1.77 bits per heavy atom. The predicted molar refractivity (Wildman–Crippen MR) is 57.9 cm³/mol. The Morgan fingerprint density at radius 3 is 2.23 bits per heavy atom. The van der Waals surface area contributed by atoms with Crippen LogP contribution in [-0.2, 0) is 0 Å². The Morgan fingerprint density at radius 1 is 1.23 bits per heavy atom. The van der Waals surface area contributed by atoms with E-state index in [9.17, 15) is 5.11 Å². The number of phenols is 1. The molecule has 1 aromatic carbocycles. The molecule has 0 saturated heterocycles. The summed E-state index contributed by atoms with van der Waals surface area (Å²) in [5, 5.41) is 9.72. The van der Waals surface area contributed by atoms with Gasteiger partial charge in [-0.25, -0.2) is 0 Å². The van der Waals surface area contributed by atoms with Crippen LogP contribution in [-0.4, -0.2) is 11.0 Å². The summed E-state index contributed by atoms with van der Waals surface area (Å²) >= 11 is 16.9. The van der Waals surface area contributed by atoms with Crippen LogP contribution >= 0.6 is 34.8 Å². The molecule has 70 valence electrons. The van der Waals surface area contributed by atoms with E-state index in [1.165, 1.54) is 0 Å². The fourth-order valence-corrected chi connectivity index (χ4v) is 1.45. The minimum absolute atomic E-state index is 0.0913. The molecule has 0 radical (unpaired) electrons. The molecular weight excluding hydrogens is 230 g/mol. The third-order valence-corrected chi connectivity index (χ3v) is 2.19. The minimum atomic E-state index is -0.0913. The van der Waals surface area contributed by atoms with Crippen molar-refractivity contribution in [3.05, 3.63) is 33.8 Å². The number of phenolic OH excluding ortho intramolecular Hbond substituents is 1. The van der Waals surface area contributed by atoms with Crippen LogP contribution in [0.4, 0.5) is 0 Å². The zero-order valence-corrected chi connectivity index (χ0v) is 8.87. The first-order valence-corrected chi connectivity index (χ1v) is 4.84. The molecule has 0 aliphatic carbocycles. The van der Waals surface area contributed by atoms with E-state index in [2.05, 4.69) is 0 Å². The number of aromatic hydroxyl groups is 1. The molecule has 0 spiro atoms. The van der Waals surface area contributed by atoms with Gasteiger partial charge in [0, 0.05) is 5.88 Å². The summed E-state index contributed by atoms with van der Waals surface area (Å²) in [6.45, 7) is 0. The van der Waals surface area contributed by atoms with Crippen molar-refractivity contribution in [1.29, 1.82) is 0 Å². The fraction of sp³-hybridized carbons (Fsp3) is 0.111. The summed E-state index contributed by atoms with van der Waals surface area (Å²) in [5.41, 5.74) is 0.813. The number of hydrogen-bond acceptors (Lipinski definition) is 1. The average molecular weight is 238 g/mol. The molecule has 0 aliphatic heterocycles. The second-order valence-corrected chi connectivity index (χ2v) is 3.51. The number of alkyl halides is 1. The Bertz CT molecular complexity index is 311. The van der Waals surface area contributed by atoms with E-state index in [4.69, 9.17) is 34.8 Å². The fourth-order valence-electron chi connectivity index (χ4n) is 0.862. The summed E-state index contributed by atoms with van der Waals surface area (Å²) < 4.78 is 0. The average Bonchev–Trinajstić information content (AvgIpc) is 2.10. The molecular formula is C9H7Cl3O. The lowest BCUT2D eigenvalue weighted by Gasteiger charge is -2.01. The molecule has 0 aliphatic rings. The highest BCUT2D eigenvalue weighted by Crippen LogP contribution is 2.32. The van der Waals surface area contributed by atoms with Gasteiger partial charge < -0.3 is 5.11 Å². The molecule has 0 amide bonds. The maximum absolute atomic E-state index is 9.24. The van der Waals surface area contributed by atoms with Crippen molar-refractivity contribution < 1.29 is 5.11 Å². The van der Waals surface area contributed by atoms with Crippen LogP contribution in [0.25, 0.3) is 6.08 Å². The molecule has 0 heterocycles. The zero-order chi connectivity index (χ0) is 9.84. The number of halogens is 3. The maximum atomic E-state index is 9.24. The van der Waals surface area contributed by atoms with Gasteiger partial charge in [0.05, 0.1) is 10.0 Å². The lowest BCUT2D eigenvalue weighted by molar-refractivity contribution is 0.476. The van der Waals surface area contributed by atoms with Gasteiger partial charge in [0.2, 0.25) is 0 Å². The predicted octanol–water partition coefficient (Wildman–Crippen LogP) is 3.95. The second-order valence-electron chi connectivity index (χ2n) is 2.39. The highest BCUT2D eigenvalue weighted by atomic mass is 35.5. The summed E-state index contributed by atoms with van der Waals surface area (Å²) in [4.78, 5) is 0.